The van der Waals surface area contributed by atoms with Gasteiger partial charge in [0.1, 0.15) is 11.5 Å². The Kier molecular flexibility index (Phi) is 6.39. The number of ether oxygens (including phenoxy) is 2. The normalized spacial score (nSPS) is 11.2. The first-order valence-corrected chi connectivity index (χ1v) is 7.82. The lowest BCUT2D eigenvalue weighted by Gasteiger charge is -2.13. The van der Waals surface area contributed by atoms with Gasteiger partial charge in [-0.15, -0.1) is 0 Å². The summed E-state index contributed by atoms with van der Waals surface area (Å²) in [6, 6.07) is 2.81. The van der Waals surface area contributed by atoms with E-state index < -0.39 is 5.82 Å². The van der Waals surface area contributed by atoms with Crippen LogP contribution in [0.2, 0.25) is 0 Å². The number of imidazole rings is 1. The summed E-state index contributed by atoms with van der Waals surface area (Å²) in [5.41, 5.74) is 0.228. The van der Waals surface area contributed by atoms with Crippen LogP contribution in [0.25, 0.3) is 11.5 Å². The first kappa shape index (κ1) is 18.3. The minimum absolute atomic E-state index is 0.0858. The van der Waals surface area contributed by atoms with Gasteiger partial charge in [-0.3, -0.25) is 10.8 Å². The van der Waals surface area contributed by atoms with Crippen molar-refractivity contribution in [1.82, 2.24) is 14.5 Å². The molecule has 2 aromatic heterocycles. The zero-order valence-corrected chi connectivity index (χ0v) is 14.1. The average molecular weight is 345 g/mol. The van der Waals surface area contributed by atoms with E-state index in [1.165, 1.54) is 30.6 Å². The molecular weight excluding hydrogens is 325 g/mol. The summed E-state index contributed by atoms with van der Waals surface area (Å²) < 4.78 is 26.1. The Hall–Kier alpha value is -3.03. The molecule has 2 rings (SSSR count). The number of aromatic nitrogens is 3. The zero-order valence-electron chi connectivity index (χ0n) is 14.1. The van der Waals surface area contributed by atoms with Crippen LogP contribution in [-0.4, -0.2) is 39.4 Å². The van der Waals surface area contributed by atoms with Crippen LogP contribution in [0.5, 0.6) is 0 Å². The van der Waals surface area contributed by atoms with E-state index >= 15 is 0 Å². The van der Waals surface area contributed by atoms with Crippen molar-refractivity contribution < 1.29 is 13.9 Å². The van der Waals surface area contributed by atoms with E-state index in [-0.39, 0.29) is 29.6 Å². The third-order valence-electron chi connectivity index (χ3n) is 3.17. The summed E-state index contributed by atoms with van der Waals surface area (Å²) in [4.78, 5) is 8.15. The summed E-state index contributed by atoms with van der Waals surface area (Å²) in [6.07, 6.45) is 5.99. The Morgan fingerprint density at radius 1 is 1.20 bits per heavy atom. The second-order valence-electron chi connectivity index (χ2n) is 4.93. The fourth-order valence-corrected chi connectivity index (χ4v) is 2.14. The number of hydrogen-bond acceptors (Lipinski definition) is 6. The van der Waals surface area contributed by atoms with Crippen molar-refractivity contribution in [2.75, 3.05) is 13.2 Å². The lowest BCUT2D eigenvalue weighted by molar-refractivity contribution is 0.246. The smallest absolute Gasteiger partial charge is 0.209 e. The molecule has 8 heteroatoms. The maximum atomic E-state index is 14.0. The molecule has 0 unspecified atom stereocenters. The van der Waals surface area contributed by atoms with Crippen LogP contribution in [0.15, 0.2) is 42.6 Å². The molecule has 0 bridgehead atoms. The van der Waals surface area contributed by atoms with E-state index in [9.17, 15) is 4.39 Å². The topological polar surface area (TPSA) is 96.9 Å². The van der Waals surface area contributed by atoms with Crippen LogP contribution in [0.4, 0.5) is 4.39 Å². The molecule has 7 nitrogen and oxygen atoms in total. The quantitative estimate of drug-likeness (QED) is 0.436. The zero-order chi connectivity index (χ0) is 18.2. The minimum Gasteiger partial charge on any atom is -0.492 e. The summed E-state index contributed by atoms with van der Waals surface area (Å²) in [5.74, 6) is -0.0295. The lowest BCUT2D eigenvalue weighted by Crippen LogP contribution is -2.16. The second kappa shape index (κ2) is 8.72. The van der Waals surface area contributed by atoms with Gasteiger partial charge in [0.2, 0.25) is 5.90 Å². The lowest BCUT2D eigenvalue weighted by atomic mass is 10.2. The molecule has 0 aliphatic heterocycles. The molecule has 0 aromatic carbocycles. The Morgan fingerprint density at radius 2 is 1.96 bits per heavy atom. The fraction of sp³-hybridized carbons (Fsp3) is 0.294. The largest absolute Gasteiger partial charge is 0.492 e. The highest BCUT2D eigenvalue weighted by molar-refractivity contribution is 6.01. The third-order valence-corrected chi connectivity index (χ3v) is 3.17. The molecule has 0 radical (unpaired) electrons. The predicted molar refractivity (Wildman–Crippen MR) is 92.2 cm³/mol. The average Bonchev–Trinajstić information content (AvgIpc) is 3.03. The van der Waals surface area contributed by atoms with E-state index in [0.29, 0.717) is 19.0 Å². The molecule has 2 heterocycles. The van der Waals surface area contributed by atoms with Gasteiger partial charge in [0.15, 0.2) is 11.6 Å². The highest BCUT2D eigenvalue weighted by Crippen LogP contribution is 2.18. The third kappa shape index (κ3) is 4.72. The molecule has 2 aromatic rings. The number of pyridine rings is 1. The molecule has 132 valence electrons. The SMILES string of the molecule is CCOC(=N)/C=C(/OCC)C(=N)Cn1ccnc1-c1ncccc1F. The Bertz CT molecular complexity index is 785. The Balaban J connectivity index is 2.24. The fourth-order valence-electron chi connectivity index (χ4n) is 2.14. The first-order valence-electron chi connectivity index (χ1n) is 7.82. The summed E-state index contributed by atoms with van der Waals surface area (Å²) in [5, 5.41) is 15.9. The predicted octanol–water partition coefficient (Wildman–Crippen LogP) is 3.04. The monoisotopic (exact) mass is 345 g/mol. The van der Waals surface area contributed by atoms with Crippen LogP contribution in [0.1, 0.15) is 13.8 Å². The molecule has 0 saturated heterocycles. The van der Waals surface area contributed by atoms with Crippen molar-refractivity contribution in [3.63, 3.8) is 0 Å². The first-order chi connectivity index (χ1) is 12.1. The maximum absolute atomic E-state index is 14.0. The van der Waals surface area contributed by atoms with Crippen molar-refractivity contribution in [3.05, 3.63) is 48.4 Å². The summed E-state index contributed by atoms with van der Waals surface area (Å²) in [7, 11) is 0. The van der Waals surface area contributed by atoms with E-state index in [0.717, 1.165) is 0 Å². The van der Waals surface area contributed by atoms with Gasteiger partial charge in [-0.05, 0) is 26.0 Å². The highest BCUT2D eigenvalue weighted by atomic mass is 19.1. The highest BCUT2D eigenvalue weighted by Gasteiger charge is 2.15. The Labute approximate surface area is 145 Å². The van der Waals surface area contributed by atoms with Crippen LogP contribution >= 0.6 is 0 Å². The molecular formula is C17H20FN5O2. The number of allylic oxidation sites excluding steroid dienone is 1. The molecule has 2 N–H and O–H groups in total. The van der Waals surface area contributed by atoms with E-state index in [1.54, 1.807) is 24.6 Å². The van der Waals surface area contributed by atoms with Crippen LogP contribution in [-0.2, 0) is 16.0 Å². The van der Waals surface area contributed by atoms with Crippen LogP contribution < -0.4 is 0 Å². The van der Waals surface area contributed by atoms with Crippen molar-refractivity contribution in [2.24, 2.45) is 0 Å². The van der Waals surface area contributed by atoms with Gasteiger partial charge in [-0.1, -0.05) is 0 Å². The molecule has 0 aliphatic carbocycles. The number of hydrogen-bond donors (Lipinski definition) is 2. The molecule has 0 atom stereocenters. The number of nitrogens with zero attached hydrogens (tertiary/aromatic N) is 3. The number of rotatable bonds is 8. The molecule has 0 saturated carbocycles. The van der Waals surface area contributed by atoms with E-state index in [4.69, 9.17) is 20.3 Å². The number of nitrogens with one attached hydrogen (secondary N) is 2. The van der Waals surface area contributed by atoms with Crippen molar-refractivity contribution in [3.8, 4) is 11.5 Å². The molecule has 0 aliphatic rings. The van der Waals surface area contributed by atoms with Gasteiger partial charge >= 0.3 is 0 Å². The summed E-state index contributed by atoms with van der Waals surface area (Å²) in [6.45, 7) is 4.35. The molecule has 25 heavy (non-hydrogen) atoms. The van der Waals surface area contributed by atoms with Gasteiger partial charge in [0.25, 0.3) is 0 Å². The van der Waals surface area contributed by atoms with Crippen molar-refractivity contribution >= 4 is 11.6 Å². The standard InChI is InChI=1S/C17H20FN5O2/c1-3-24-14(10-15(20)25-4-2)13(19)11-23-9-8-22-17(23)16-12(18)6-5-7-21-16/h5-10,19-20H,3-4,11H2,1-2H3/b14-10+,19-13?,20-15?. The van der Waals surface area contributed by atoms with Gasteiger partial charge in [0.05, 0.1) is 25.5 Å². The second-order valence-corrected chi connectivity index (χ2v) is 4.93. The van der Waals surface area contributed by atoms with E-state index in [1.807, 2.05) is 0 Å². The van der Waals surface area contributed by atoms with Crippen molar-refractivity contribution in [2.45, 2.75) is 20.4 Å². The van der Waals surface area contributed by atoms with Gasteiger partial charge in [-0.2, -0.15) is 0 Å². The molecule has 0 fully saturated rings. The van der Waals surface area contributed by atoms with Crippen LogP contribution in [0, 0.1) is 16.6 Å². The molecule has 0 amide bonds. The minimum atomic E-state index is -0.486. The maximum Gasteiger partial charge on any atom is 0.209 e. The van der Waals surface area contributed by atoms with Gasteiger partial charge < -0.3 is 14.0 Å². The summed E-state index contributed by atoms with van der Waals surface area (Å²) >= 11 is 0. The number of halogens is 1. The Morgan fingerprint density at radius 3 is 2.64 bits per heavy atom. The van der Waals surface area contributed by atoms with Crippen molar-refractivity contribution in [1.29, 1.82) is 10.8 Å². The van der Waals surface area contributed by atoms with Gasteiger partial charge in [0, 0.05) is 24.7 Å². The van der Waals surface area contributed by atoms with Gasteiger partial charge in [-0.25, -0.2) is 14.4 Å². The molecule has 0 spiro atoms. The van der Waals surface area contributed by atoms with Crippen LogP contribution in [0.3, 0.4) is 0 Å². The van der Waals surface area contributed by atoms with E-state index in [2.05, 4.69) is 9.97 Å².